The van der Waals surface area contributed by atoms with Crippen LogP contribution in [0.25, 0.3) is 0 Å². The van der Waals surface area contributed by atoms with Crippen LogP contribution in [0, 0.1) is 17.3 Å². The summed E-state index contributed by atoms with van der Waals surface area (Å²) in [6.07, 6.45) is 2.38. The monoisotopic (exact) mass is 284 g/mol. The molecule has 2 aliphatic rings. The van der Waals surface area contributed by atoms with E-state index < -0.39 is 11.5 Å². The molecule has 4 atom stereocenters. The van der Waals surface area contributed by atoms with E-state index in [4.69, 9.17) is 14.2 Å². The van der Waals surface area contributed by atoms with Gasteiger partial charge in [-0.25, -0.2) is 0 Å². The summed E-state index contributed by atoms with van der Waals surface area (Å²) < 4.78 is 15.7. The van der Waals surface area contributed by atoms with Crippen LogP contribution in [0.4, 0.5) is 0 Å². The zero-order chi connectivity index (χ0) is 14.8. The molecule has 0 aliphatic heterocycles. The number of fused-ring (bicyclic) bond motifs is 1. The Morgan fingerprint density at radius 2 is 2.15 bits per heavy atom. The highest BCUT2D eigenvalue weighted by Crippen LogP contribution is 2.58. The molecular weight excluding hydrogens is 260 g/mol. The Labute approximate surface area is 120 Å². The van der Waals surface area contributed by atoms with Gasteiger partial charge in [0.25, 0.3) is 0 Å². The molecule has 2 aliphatic carbocycles. The van der Waals surface area contributed by atoms with Crippen molar-refractivity contribution in [1.82, 2.24) is 0 Å². The van der Waals surface area contributed by atoms with Crippen molar-refractivity contribution in [3.8, 4) is 0 Å². The van der Waals surface area contributed by atoms with Crippen LogP contribution in [0.1, 0.15) is 33.1 Å². The fourth-order valence-corrected chi connectivity index (χ4v) is 3.83. The van der Waals surface area contributed by atoms with E-state index in [9.17, 15) is 9.59 Å². The third kappa shape index (κ3) is 2.54. The van der Waals surface area contributed by atoms with Crippen LogP contribution in [0.2, 0.25) is 0 Å². The van der Waals surface area contributed by atoms with E-state index in [1.54, 1.807) is 7.11 Å². The molecular formula is C15H24O5. The van der Waals surface area contributed by atoms with E-state index in [2.05, 4.69) is 0 Å². The maximum absolute atomic E-state index is 12.4. The van der Waals surface area contributed by atoms with Crippen LogP contribution in [0.5, 0.6) is 0 Å². The molecule has 0 heterocycles. The maximum atomic E-state index is 12.4. The van der Waals surface area contributed by atoms with Gasteiger partial charge in [0, 0.05) is 13.0 Å². The summed E-state index contributed by atoms with van der Waals surface area (Å²) >= 11 is 0. The minimum Gasteiger partial charge on any atom is -0.382 e. The van der Waals surface area contributed by atoms with Crippen molar-refractivity contribution >= 4 is 11.6 Å². The molecule has 20 heavy (non-hydrogen) atoms. The lowest BCUT2D eigenvalue weighted by atomic mass is 9.52. The summed E-state index contributed by atoms with van der Waals surface area (Å²) in [5.74, 6) is 0.543. The molecule has 0 amide bonds. The summed E-state index contributed by atoms with van der Waals surface area (Å²) in [7, 11) is 1.59. The Hall–Kier alpha value is -0.780. The van der Waals surface area contributed by atoms with Crippen molar-refractivity contribution in [3.05, 3.63) is 0 Å². The fourth-order valence-electron chi connectivity index (χ4n) is 3.83. The summed E-state index contributed by atoms with van der Waals surface area (Å²) in [4.78, 5) is 24.2. The van der Waals surface area contributed by atoms with E-state index in [1.165, 1.54) is 6.92 Å². The van der Waals surface area contributed by atoms with E-state index in [0.29, 0.717) is 19.1 Å². The quantitative estimate of drug-likeness (QED) is 0.500. The molecule has 2 fully saturated rings. The molecule has 0 aromatic carbocycles. The van der Waals surface area contributed by atoms with Crippen molar-refractivity contribution < 1.29 is 23.8 Å². The average molecular weight is 284 g/mol. The first kappa shape index (κ1) is 15.6. The largest absolute Gasteiger partial charge is 0.382 e. The predicted octanol–water partition coefficient (Wildman–Crippen LogP) is 1.59. The highest BCUT2D eigenvalue weighted by molar-refractivity contribution is 5.99. The molecule has 0 aromatic heterocycles. The summed E-state index contributed by atoms with van der Waals surface area (Å²) in [6, 6.07) is 0. The zero-order valence-electron chi connectivity index (χ0n) is 12.5. The highest BCUT2D eigenvalue weighted by atomic mass is 16.7. The summed E-state index contributed by atoms with van der Waals surface area (Å²) in [5.41, 5.74) is -0.655. The molecule has 5 nitrogen and oxygen atoms in total. The van der Waals surface area contributed by atoms with Crippen LogP contribution in [0.3, 0.4) is 0 Å². The number of hydrogen-bond acceptors (Lipinski definition) is 5. The lowest BCUT2D eigenvalue weighted by Crippen LogP contribution is -2.62. The molecule has 2 saturated carbocycles. The smallest absolute Gasteiger partial charge is 0.159 e. The normalized spacial score (nSPS) is 33.6. The van der Waals surface area contributed by atoms with Gasteiger partial charge in [0.15, 0.2) is 5.78 Å². The lowest BCUT2D eigenvalue weighted by Gasteiger charge is -2.51. The SMILES string of the molecule is COCCOCO[C@H](C(C)=O)[C@]1(C)C(=O)[C@H]2CCC[C@H]21. The van der Waals surface area contributed by atoms with Crippen LogP contribution < -0.4 is 0 Å². The first-order valence-electron chi connectivity index (χ1n) is 7.26. The van der Waals surface area contributed by atoms with Gasteiger partial charge in [0.05, 0.1) is 18.6 Å². The maximum Gasteiger partial charge on any atom is 0.159 e. The van der Waals surface area contributed by atoms with Crippen molar-refractivity contribution in [1.29, 1.82) is 0 Å². The third-order valence-electron chi connectivity index (χ3n) is 4.82. The second kappa shape index (κ2) is 6.33. The molecule has 0 spiro atoms. The molecule has 0 unspecified atom stereocenters. The van der Waals surface area contributed by atoms with Crippen LogP contribution in [-0.4, -0.2) is 44.8 Å². The first-order chi connectivity index (χ1) is 9.53. The van der Waals surface area contributed by atoms with Crippen LogP contribution in [-0.2, 0) is 23.8 Å². The van der Waals surface area contributed by atoms with E-state index in [0.717, 1.165) is 19.3 Å². The molecule has 114 valence electrons. The predicted molar refractivity (Wildman–Crippen MR) is 72.2 cm³/mol. The average Bonchev–Trinajstić information content (AvgIpc) is 2.88. The van der Waals surface area contributed by atoms with E-state index >= 15 is 0 Å². The zero-order valence-corrected chi connectivity index (χ0v) is 12.5. The van der Waals surface area contributed by atoms with Gasteiger partial charge in [-0.15, -0.1) is 0 Å². The Balaban J connectivity index is 1.94. The van der Waals surface area contributed by atoms with Crippen molar-refractivity contribution in [2.24, 2.45) is 17.3 Å². The molecule has 5 heteroatoms. The Morgan fingerprint density at radius 1 is 1.40 bits per heavy atom. The summed E-state index contributed by atoms with van der Waals surface area (Å²) in [5, 5.41) is 0. The number of hydrogen-bond donors (Lipinski definition) is 0. The lowest BCUT2D eigenvalue weighted by molar-refractivity contribution is -0.191. The highest BCUT2D eigenvalue weighted by Gasteiger charge is 2.64. The number of ketones is 2. The first-order valence-corrected chi connectivity index (χ1v) is 7.26. The molecule has 0 bridgehead atoms. The second-order valence-corrected chi connectivity index (χ2v) is 5.97. The fraction of sp³-hybridized carbons (Fsp3) is 0.867. The minimum absolute atomic E-state index is 0.0217. The van der Waals surface area contributed by atoms with Crippen molar-refractivity contribution in [2.75, 3.05) is 27.1 Å². The van der Waals surface area contributed by atoms with Gasteiger partial charge in [0.2, 0.25) is 0 Å². The van der Waals surface area contributed by atoms with Gasteiger partial charge >= 0.3 is 0 Å². The van der Waals surface area contributed by atoms with Gasteiger partial charge in [0.1, 0.15) is 18.7 Å². The second-order valence-electron chi connectivity index (χ2n) is 5.97. The molecule has 0 saturated heterocycles. The van der Waals surface area contributed by atoms with E-state index in [-0.39, 0.29) is 24.3 Å². The Bertz CT molecular complexity index is 380. The van der Waals surface area contributed by atoms with Crippen molar-refractivity contribution in [3.63, 3.8) is 0 Å². The molecule has 2 rings (SSSR count). The number of ether oxygens (including phenoxy) is 3. The van der Waals surface area contributed by atoms with Gasteiger partial charge in [-0.2, -0.15) is 0 Å². The molecule has 0 aromatic rings. The molecule has 0 radical (unpaired) electrons. The number of methoxy groups -OCH3 is 1. The number of Topliss-reactive ketones (excluding diaryl/α,β-unsaturated/α-hetero) is 2. The van der Waals surface area contributed by atoms with Crippen LogP contribution >= 0.6 is 0 Å². The Kier molecular flexibility index (Phi) is 4.94. The van der Waals surface area contributed by atoms with Gasteiger partial charge in [-0.05, 0) is 32.6 Å². The van der Waals surface area contributed by atoms with E-state index in [1.807, 2.05) is 6.92 Å². The minimum atomic E-state index is -0.683. The summed E-state index contributed by atoms with van der Waals surface area (Å²) in [6.45, 7) is 4.28. The Morgan fingerprint density at radius 3 is 2.80 bits per heavy atom. The number of carbonyl (C=O) groups excluding carboxylic acids is 2. The number of rotatable bonds is 8. The van der Waals surface area contributed by atoms with Gasteiger partial charge in [-0.1, -0.05) is 6.42 Å². The third-order valence-corrected chi connectivity index (χ3v) is 4.82. The number of carbonyl (C=O) groups is 2. The standard InChI is InChI=1S/C15H24O5/c1-10(16)14(20-9-19-8-7-18-3)15(2)12-6-4-5-11(12)13(15)17/h11-12,14H,4-9H2,1-3H3/t11-,12+,14+,15-/m0/s1. The van der Waals surface area contributed by atoms with Gasteiger partial charge < -0.3 is 14.2 Å². The molecule has 0 N–H and O–H groups in total. The van der Waals surface area contributed by atoms with Crippen molar-refractivity contribution in [2.45, 2.75) is 39.2 Å². The van der Waals surface area contributed by atoms with Crippen LogP contribution in [0.15, 0.2) is 0 Å². The van der Waals surface area contributed by atoms with Gasteiger partial charge in [-0.3, -0.25) is 9.59 Å². The topological polar surface area (TPSA) is 61.8 Å².